The second-order valence-electron chi connectivity index (χ2n) is 6.57. The molecule has 1 saturated heterocycles. The zero-order chi connectivity index (χ0) is 19.9. The van der Waals surface area contributed by atoms with E-state index in [1.54, 1.807) is 30.3 Å². The number of halogens is 3. The number of carbonyl (C=O) groups is 1. The second-order valence-corrected chi connectivity index (χ2v) is 7.82. The van der Waals surface area contributed by atoms with Gasteiger partial charge >= 0.3 is 0 Å². The van der Waals surface area contributed by atoms with Crippen molar-refractivity contribution < 1.29 is 9.53 Å². The first-order chi connectivity index (χ1) is 13.5. The average molecular weight is 443 g/mol. The lowest BCUT2D eigenvalue weighted by atomic mass is 10.3. The van der Waals surface area contributed by atoms with E-state index in [1.165, 1.54) is 0 Å². The zero-order valence-corrected chi connectivity index (χ0v) is 17.6. The number of piperazine rings is 1. The lowest BCUT2D eigenvalue weighted by molar-refractivity contribution is -0.117. The maximum Gasteiger partial charge on any atom is 0.238 e. The Balaban J connectivity index is 1.36. The van der Waals surface area contributed by atoms with Gasteiger partial charge in [0.2, 0.25) is 5.91 Å². The molecule has 2 aromatic rings. The normalized spacial score (nSPS) is 15.4. The van der Waals surface area contributed by atoms with Gasteiger partial charge in [0, 0.05) is 37.7 Å². The third kappa shape index (κ3) is 6.26. The number of hydrogen-bond donors (Lipinski definition) is 1. The molecule has 28 heavy (non-hydrogen) atoms. The van der Waals surface area contributed by atoms with Crippen LogP contribution in [-0.4, -0.2) is 61.6 Å². The molecule has 0 aromatic heterocycles. The first-order valence-corrected chi connectivity index (χ1v) is 10.2. The number of hydrogen-bond acceptors (Lipinski definition) is 4. The smallest absolute Gasteiger partial charge is 0.238 e. The predicted octanol–water partition coefficient (Wildman–Crippen LogP) is 4.28. The minimum atomic E-state index is -0.0535. The van der Waals surface area contributed by atoms with Gasteiger partial charge in [-0.05, 0) is 30.3 Å². The Hall–Kier alpha value is -1.50. The molecule has 5 nitrogen and oxygen atoms in total. The van der Waals surface area contributed by atoms with Gasteiger partial charge in [-0.1, -0.05) is 46.9 Å². The average Bonchev–Trinajstić information content (AvgIpc) is 2.67. The fourth-order valence-corrected chi connectivity index (χ4v) is 3.65. The van der Waals surface area contributed by atoms with E-state index in [9.17, 15) is 4.79 Å². The van der Waals surface area contributed by atoms with Gasteiger partial charge in [-0.25, -0.2) is 0 Å². The van der Waals surface area contributed by atoms with Crippen molar-refractivity contribution in [1.29, 1.82) is 0 Å². The van der Waals surface area contributed by atoms with Crippen LogP contribution >= 0.6 is 34.8 Å². The molecule has 0 bridgehead atoms. The van der Waals surface area contributed by atoms with Crippen molar-refractivity contribution in [2.45, 2.75) is 0 Å². The molecule has 0 aliphatic carbocycles. The van der Waals surface area contributed by atoms with Crippen LogP contribution in [0.5, 0.6) is 5.75 Å². The fraction of sp³-hybridized carbons (Fsp3) is 0.350. The number of carbonyl (C=O) groups excluding carboxylic acids is 1. The summed E-state index contributed by atoms with van der Waals surface area (Å²) >= 11 is 18.1. The van der Waals surface area contributed by atoms with E-state index in [4.69, 9.17) is 39.5 Å². The van der Waals surface area contributed by atoms with E-state index in [1.807, 2.05) is 12.1 Å². The summed E-state index contributed by atoms with van der Waals surface area (Å²) in [6.07, 6.45) is 0. The highest BCUT2D eigenvalue weighted by Gasteiger charge is 2.19. The Kier molecular flexibility index (Phi) is 7.82. The van der Waals surface area contributed by atoms with Gasteiger partial charge in [0.1, 0.15) is 12.4 Å². The summed E-state index contributed by atoms with van der Waals surface area (Å²) in [7, 11) is 0. The monoisotopic (exact) mass is 441 g/mol. The van der Waals surface area contributed by atoms with Crippen molar-refractivity contribution in [1.82, 2.24) is 9.80 Å². The molecular weight excluding hydrogens is 421 g/mol. The summed E-state index contributed by atoms with van der Waals surface area (Å²) in [4.78, 5) is 16.7. The molecular formula is C20H22Cl3N3O2. The van der Waals surface area contributed by atoms with Crippen LogP contribution in [0.25, 0.3) is 0 Å². The maximum atomic E-state index is 12.2. The molecule has 150 valence electrons. The number of amides is 1. The van der Waals surface area contributed by atoms with E-state index in [0.29, 0.717) is 39.7 Å². The zero-order valence-electron chi connectivity index (χ0n) is 15.3. The van der Waals surface area contributed by atoms with E-state index < -0.39 is 0 Å². The highest BCUT2D eigenvalue weighted by Crippen LogP contribution is 2.27. The summed E-state index contributed by atoms with van der Waals surface area (Å²) in [5.41, 5.74) is 0.644. The van der Waals surface area contributed by atoms with Gasteiger partial charge in [-0.15, -0.1) is 0 Å². The quantitative estimate of drug-likeness (QED) is 0.695. The Morgan fingerprint density at radius 3 is 2.39 bits per heavy atom. The summed E-state index contributed by atoms with van der Waals surface area (Å²) < 4.78 is 5.74. The number of ether oxygens (including phenoxy) is 1. The number of para-hydroxylation sites is 1. The van der Waals surface area contributed by atoms with Gasteiger partial charge in [-0.3, -0.25) is 14.6 Å². The molecule has 1 fully saturated rings. The van der Waals surface area contributed by atoms with Gasteiger partial charge in [-0.2, -0.15) is 0 Å². The molecule has 1 aliphatic rings. The molecule has 0 radical (unpaired) electrons. The highest BCUT2D eigenvalue weighted by molar-refractivity contribution is 6.35. The molecule has 2 aromatic carbocycles. The van der Waals surface area contributed by atoms with Crippen LogP contribution in [-0.2, 0) is 4.79 Å². The van der Waals surface area contributed by atoms with Crippen LogP contribution in [0.15, 0.2) is 42.5 Å². The predicted molar refractivity (Wildman–Crippen MR) is 115 cm³/mol. The van der Waals surface area contributed by atoms with Crippen LogP contribution in [0, 0.1) is 0 Å². The van der Waals surface area contributed by atoms with Crippen LogP contribution in [0.2, 0.25) is 15.1 Å². The molecule has 3 rings (SSSR count). The number of rotatable bonds is 7. The first kappa shape index (κ1) is 21.2. The van der Waals surface area contributed by atoms with Crippen molar-refractivity contribution >= 4 is 46.4 Å². The molecule has 0 unspecified atom stereocenters. The number of nitrogens with zero attached hydrogens (tertiary/aromatic N) is 2. The summed E-state index contributed by atoms with van der Waals surface area (Å²) in [5.74, 6) is 0.586. The summed E-state index contributed by atoms with van der Waals surface area (Å²) in [6.45, 7) is 5.15. The third-order valence-corrected chi connectivity index (χ3v) is 5.40. The number of anilines is 1. The van der Waals surface area contributed by atoms with Crippen molar-refractivity contribution in [2.75, 3.05) is 51.2 Å². The minimum absolute atomic E-state index is 0.0535. The Labute approximate surface area is 180 Å². The standard InChI is InChI=1S/C20H22Cl3N3O2/c21-15-5-6-19(17(23)13-15)28-12-11-25-7-9-26(10-8-25)14-20(27)24-18-4-2-1-3-16(18)22/h1-6,13H,7-12,14H2,(H,24,27). The van der Waals surface area contributed by atoms with Crippen molar-refractivity contribution in [3.63, 3.8) is 0 Å². The fourth-order valence-electron chi connectivity index (χ4n) is 3.00. The number of nitrogens with one attached hydrogen (secondary N) is 1. The van der Waals surface area contributed by atoms with E-state index >= 15 is 0 Å². The molecule has 0 saturated carbocycles. The van der Waals surface area contributed by atoms with Gasteiger partial charge in [0.05, 0.1) is 22.3 Å². The molecule has 1 heterocycles. The second kappa shape index (κ2) is 10.3. The largest absolute Gasteiger partial charge is 0.491 e. The highest BCUT2D eigenvalue weighted by atomic mass is 35.5. The lowest BCUT2D eigenvalue weighted by Crippen LogP contribution is -2.49. The Bertz CT molecular complexity index is 811. The van der Waals surface area contributed by atoms with Gasteiger partial charge in [0.25, 0.3) is 0 Å². The SMILES string of the molecule is O=C(CN1CCN(CCOc2ccc(Cl)cc2Cl)CC1)Nc1ccccc1Cl. The number of benzene rings is 2. The summed E-state index contributed by atoms with van der Waals surface area (Å²) in [5, 5.41) is 4.51. The van der Waals surface area contributed by atoms with Gasteiger partial charge in [0.15, 0.2) is 0 Å². The maximum absolute atomic E-state index is 12.2. The third-order valence-electron chi connectivity index (χ3n) is 4.54. The Morgan fingerprint density at radius 2 is 1.68 bits per heavy atom. The lowest BCUT2D eigenvalue weighted by Gasteiger charge is -2.34. The Morgan fingerprint density at radius 1 is 0.964 bits per heavy atom. The van der Waals surface area contributed by atoms with Crippen molar-refractivity contribution in [3.05, 3.63) is 57.5 Å². The van der Waals surface area contributed by atoms with Crippen LogP contribution in [0.1, 0.15) is 0 Å². The minimum Gasteiger partial charge on any atom is -0.491 e. The van der Waals surface area contributed by atoms with Crippen LogP contribution in [0.3, 0.4) is 0 Å². The topological polar surface area (TPSA) is 44.8 Å². The van der Waals surface area contributed by atoms with Crippen molar-refractivity contribution in [2.24, 2.45) is 0 Å². The van der Waals surface area contributed by atoms with E-state index in [2.05, 4.69) is 15.1 Å². The van der Waals surface area contributed by atoms with Crippen molar-refractivity contribution in [3.8, 4) is 5.75 Å². The molecule has 0 atom stereocenters. The molecule has 1 aliphatic heterocycles. The van der Waals surface area contributed by atoms with Gasteiger partial charge < -0.3 is 10.1 Å². The van der Waals surface area contributed by atoms with E-state index in [-0.39, 0.29) is 5.91 Å². The first-order valence-electron chi connectivity index (χ1n) is 9.08. The van der Waals surface area contributed by atoms with Crippen LogP contribution < -0.4 is 10.1 Å². The molecule has 8 heteroatoms. The van der Waals surface area contributed by atoms with Crippen LogP contribution in [0.4, 0.5) is 5.69 Å². The molecule has 1 N–H and O–H groups in total. The molecule has 1 amide bonds. The molecule has 0 spiro atoms. The van der Waals surface area contributed by atoms with E-state index in [0.717, 1.165) is 32.7 Å². The summed E-state index contributed by atoms with van der Waals surface area (Å²) in [6, 6.07) is 12.4.